The Kier molecular flexibility index (Phi) is 25.8. The van der Waals surface area contributed by atoms with E-state index in [4.69, 9.17) is 14.9 Å². The van der Waals surface area contributed by atoms with Crippen LogP contribution < -0.4 is 0 Å². The Labute approximate surface area is 200 Å². The molecule has 0 radical (unpaired) electrons. The highest BCUT2D eigenvalue weighted by molar-refractivity contribution is 7.51. The Bertz CT molecular complexity index is 397. The van der Waals surface area contributed by atoms with Gasteiger partial charge in [0.05, 0.1) is 0 Å². The fourth-order valence-electron chi connectivity index (χ4n) is 4.50. The van der Waals surface area contributed by atoms with E-state index in [0.29, 0.717) is 13.0 Å². The van der Waals surface area contributed by atoms with Gasteiger partial charge in [0, 0.05) is 12.8 Å². The molecule has 0 aromatic rings. The van der Waals surface area contributed by atoms with E-state index in [1.165, 1.54) is 135 Å². The third kappa shape index (κ3) is 30.1. The van der Waals surface area contributed by atoms with Crippen molar-refractivity contribution in [3.05, 3.63) is 0 Å². The van der Waals surface area contributed by atoms with Crippen molar-refractivity contribution in [3.8, 4) is 0 Å². The molecule has 0 amide bonds. The Hall–Kier alpha value is 0.110. The van der Waals surface area contributed by atoms with Crippen molar-refractivity contribution < 1.29 is 19.5 Å². The van der Waals surface area contributed by atoms with E-state index < -0.39 is 7.60 Å². The minimum absolute atomic E-state index is 0.0568. The van der Waals surface area contributed by atoms with Crippen LogP contribution in [0.4, 0.5) is 0 Å². The second-order valence-corrected chi connectivity index (χ2v) is 11.7. The lowest BCUT2D eigenvalue weighted by Gasteiger charge is -2.05. The summed E-state index contributed by atoms with van der Waals surface area (Å²) in [6.45, 7) is 0.359. The first-order valence-corrected chi connectivity index (χ1v) is 16.0. The molecule has 0 bridgehead atoms. The lowest BCUT2D eigenvalue weighted by molar-refractivity contribution is 0.282. The highest BCUT2D eigenvalue weighted by Crippen LogP contribution is 2.35. The molecular weight excluding hydrogens is 419 g/mol. The zero-order valence-electron chi connectivity index (χ0n) is 21.3. The molecule has 4 nitrogen and oxygen atoms in total. The van der Waals surface area contributed by atoms with E-state index in [2.05, 4.69) is 0 Å². The second kappa shape index (κ2) is 25.7. The topological polar surface area (TPSA) is 77.8 Å². The minimum atomic E-state index is -3.77. The molecule has 0 atom stereocenters. The van der Waals surface area contributed by atoms with Gasteiger partial charge in [-0.3, -0.25) is 4.57 Å². The fraction of sp³-hybridized carbons (Fsp3) is 1.00. The molecule has 0 heterocycles. The van der Waals surface area contributed by atoms with Crippen LogP contribution in [-0.2, 0) is 4.57 Å². The highest BCUT2D eigenvalue weighted by atomic mass is 31.2. The van der Waals surface area contributed by atoms with Gasteiger partial charge in [-0.05, 0) is 12.8 Å². The molecule has 0 aromatic carbocycles. The predicted molar refractivity (Wildman–Crippen MR) is 139 cm³/mol. The van der Waals surface area contributed by atoms with Gasteiger partial charge in [0.15, 0.2) is 0 Å². The van der Waals surface area contributed by atoms with Gasteiger partial charge < -0.3 is 14.9 Å². The SMILES string of the molecule is O=P(O)(O)CCCCCCCCCCCCCCCCCCCCCCCCCCCO. The van der Waals surface area contributed by atoms with Crippen molar-refractivity contribution in [1.82, 2.24) is 0 Å². The lowest BCUT2D eigenvalue weighted by Crippen LogP contribution is -1.88. The normalized spacial score (nSPS) is 12.0. The fourth-order valence-corrected chi connectivity index (χ4v) is 5.13. The van der Waals surface area contributed by atoms with Gasteiger partial charge in [-0.2, -0.15) is 0 Å². The maximum absolute atomic E-state index is 10.8. The minimum Gasteiger partial charge on any atom is -0.396 e. The van der Waals surface area contributed by atoms with Crippen molar-refractivity contribution in [2.75, 3.05) is 12.8 Å². The Morgan fingerprint density at radius 1 is 0.344 bits per heavy atom. The molecule has 0 rings (SSSR count). The molecule has 32 heavy (non-hydrogen) atoms. The molecule has 5 heteroatoms. The highest BCUT2D eigenvalue weighted by Gasteiger charge is 2.10. The summed E-state index contributed by atoms with van der Waals surface area (Å²) >= 11 is 0. The number of hydrogen-bond acceptors (Lipinski definition) is 2. The number of hydrogen-bond donors (Lipinski definition) is 3. The van der Waals surface area contributed by atoms with Crippen LogP contribution in [0.3, 0.4) is 0 Å². The maximum atomic E-state index is 10.8. The van der Waals surface area contributed by atoms with Crippen LogP contribution in [-0.4, -0.2) is 27.7 Å². The number of rotatable bonds is 27. The molecule has 0 aliphatic carbocycles. The first-order valence-electron chi connectivity index (χ1n) is 14.2. The maximum Gasteiger partial charge on any atom is 0.325 e. The number of aliphatic hydroxyl groups excluding tert-OH is 1. The van der Waals surface area contributed by atoms with Crippen molar-refractivity contribution in [3.63, 3.8) is 0 Å². The summed E-state index contributed by atoms with van der Waals surface area (Å²) in [6.07, 6.45) is 32.6. The molecule has 0 saturated carbocycles. The molecule has 0 aromatic heterocycles. The van der Waals surface area contributed by atoms with Gasteiger partial charge in [0.25, 0.3) is 0 Å². The number of unbranched alkanes of at least 4 members (excludes halogenated alkanes) is 24. The van der Waals surface area contributed by atoms with E-state index >= 15 is 0 Å². The van der Waals surface area contributed by atoms with Crippen molar-refractivity contribution in [2.45, 2.75) is 161 Å². The van der Waals surface area contributed by atoms with Crippen LogP contribution in [0.1, 0.15) is 161 Å². The van der Waals surface area contributed by atoms with Gasteiger partial charge >= 0.3 is 7.60 Å². The second-order valence-electron chi connectivity index (χ2n) is 9.95. The molecule has 0 fully saturated rings. The molecular formula is C27H57O4P. The molecule has 0 aliphatic heterocycles. The average Bonchev–Trinajstić information content (AvgIpc) is 2.75. The summed E-state index contributed by atoms with van der Waals surface area (Å²) in [7, 11) is -3.77. The third-order valence-corrected chi connectivity index (χ3v) is 7.51. The summed E-state index contributed by atoms with van der Waals surface area (Å²) in [6, 6.07) is 0. The zero-order valence-corrected chi connectivity index (χ0v) is 22.2. The van der Waals surface area contributed by atoms with Gasteiger partial charge in [-0.25, -0.2) is 0 Å². The van der Waals surface area contributed by atoms with E-state index in [-0.39, 0.29) is 6.16 Å². The van der Waals surface area contributed by atoms with Gasteiger partial charge in [0.2, 0.25) is 0 Å². The summed E-state index contributed by atoms with van der Waals surface area (Å²) in [4.78, 5) is 17.6. The molecule has 194 valence electrons. The van der Waals surface area contributed by atoms with Crippen LogP contribution in [0, 0.1) is 0 Å². The lowest BCUT2D eigenvalue weighted by atomic mass is 10.0. The van der Waals surface area contributed by atoms with E-state index in [0.717, 1.165) is 19.3 Å². The van der Waals surface area contributed by atoms with Crippen LogP contribution in [0.2, 0.25) is 0 Å². The van der Waals surface area contributed by atoms with E-state index in [1.807, 2.05) is 0 Å². The standard InChI is InChI=1S/C27H57O4P/c28-26-24-22-20-18-16-14-12-10-8-6-4-2-1-3-5-7-9-11-13-15-17-19-21-23-25-27-32(29,30)31/h28H,1-27H2,(H2,29,30,31). The molecule has 0 aliphatic rings. The van der Waals surface area contributed by atoms with Crippen molar-refractivity contribution in [1.29, 1.82) is 0 Å². The summed E-state index contributed by atoms with van der Waals surface area (Å²) < 4.78 is 10.8. The molecule has 0 spiro atoms. The summed E-state index contributed by atoms with van der Waals surface area (Å²) in [5.41, 5.74) is 0. The molecule has 0 saturated heterocycles. The quantitative estimate of drug-likeness (QED) is 0.0817. The third-order valence-electron chi connectivity index (χ3n) is 6.61. The number of aliphatic hydroxyl groups is 1. The van der Waals surface area contributed by atoms with Crippen molar-refractivity contribution >= 4 is 7.60 Å². The largest absolute Gasteiger partial charge is 0.396 e. The Morgan fingerprint density at radius 2 is 0.531 bits per heavy atom. The first kappa shape index (κ1) is 32.1. The predicted octanol–water partition coefficient (Wildman–Crippen LogP) is 8.91. The first-order chi connectivity index (χ1) is 15.6. The zero-order chi connectivity index (χ0) is 23.6. The van der Waals surface area contributed by atoms with E-state index in [1.54, 1.807) is 0 Å². The average molecular weight is 477 g/mol. The van der Waals surface area contributed by atoms with Crippen LogP contribution in [0.25, 0.3) is 0 Å². The van der Waals surface area contributed by atoms with Crippen LogP contribution in [0.15, 0.2) is 0 Å². The molecule has 0 unspecified atom stereocenters. The van der Waals surface area contributed by atoms with Gasteiger partial charge in [-0.15, -0.1) is 0 Å². The van der Waals surface area contributed by atoms with Gasteiger partial charge in [0.1, 0.15) is 0 Å². The monoisotopic (exact) mass is 476 g/mol. The summed E-state index contributed by atoms with van der Waals surface area (Å²) in [5.74, 6) is 0. The van der Waals surface area contributed by atoms with Crippen LogP contribution >= 0.6 is 7.60 Å². The van der Waals surface area contributed by atoms with E-state index in [9.17, 15) is 4.57 Å². The van der Waals surface area contributed by atoms with Gasteiger partial charge in [-0.1, -0.05) is 148 Å². The smallest absolute Gasteiger partial charge is 0.325 e. The molecule has 3 N–H and O–H groups in total. The summed E-state index contributed by atoms with van der Waals surface area (Å²) in [5, 5.41) is 8.75. The Balaban J connectivity index is 3.03. The van der Waals surface area contributed by atoms with Crippen molar-refractivity contribution in [2.24, 2.45) is 0 Å². The Morgan fingerprint density at radius 3 is 0.719 bits per heavy atom. The van der Waals surface area contributed by atoms with Crippen LogP contribution in [0.5, 0.6) is 0 Å².